The molecule has 1 amide bonds. The lowest BCUT2D eigenvalue weighted by molar-refractivity contribution is -0.140. The second-order valence-corrected chi connectivity index (χ2v) is 9.15. The SMILES string of the molecule is Cc1c(C(O)=C2C(=O)C(=O)N(Cc3cccnc3)C2c2ccc(Br)cc2)cnn1-c1ccccc1. The van der Waals surface area contributed by atoms with Crippen molar-refractivity contribution >= 4 is 33.4 Å². The van der Waals surface area contributed by atoms with E-state index < -0.39 is 17.7 Å². The molecule has 174 valence electrons. The molecule has 0 saturated carbocycles. The molecule has 0 aliphatic carbocycles. The van der Waals surface area contributed by atoms with Gasteiger partial charge in [-0.2, -0.15) is 5.10 Å². The normalized spacial score (nSPS) is 17.2. The number of carbonyl (C=O) groups excluding carboxylic acids is 2. The predicted octanol–water partition coefficient (Wildman–Crippen LogP) is 4.96. The van der Waals surface area contributed by atoms with Crippen LogP contribution < -0.4 is 0 Å². The van der Waals surface area contributed by atoms with Gasteiger partial charge in [-0.1, -0.05) is 52.3 Å². The van der Waals surface area contributed by atoms with Crippen molar-refractivity contribution in [2.75, 3.05) is 0 Å². The van der Waals surface area contributed by atoms with Gasteiger partial charge in [-0.05, 0) is 48.4 Å². The summed E-state index contributed by atoms with van der Waals surface area (Å²) >= 11 is 3.43. The molecule has 1 saturated heterocycles. The fourth-order valence-corrected chi connectivity index (χ4v) is 4.60. The second kappa shape index (κ2) is 9.31. The Bertz CT molecular complexity index is 1430. The molecule has 1 fully saturated rings. The van der Waals surface area contributed by atoms with Crippen LogP contribution >= 0.6 is 15.9 Å². The van der Waals surface area contributed by atoms with Crippen LogP contribution in [0.2, 0.25) is 0 Å². The topological polar surface area (TPSA) is 88.3 Å². The number of ketones is 1. The highest BCUT2D eigenvalue weighted by atomic mass is 79.9. The van der Waals surface area contributed by atoms with Crippen molar-refractivity contribution in [1.29, 1.82) is 0 Å². The number of aliphatic hydroxyl groups excluding tert-OH is 1. The van der Waals surface area contributed by atoms with Gasteiger partial charge in [0.05, 0.1) is 34.8 Å². The molecule has 5 rings (SSSR count). The van der Waals surface area contributed by atoms with Gasteiger partial charge in [-0.3, -0.25) is 14.6 Å². The number of carbonyl (C=O) groups is 2. The van der Waals surface area contributed by atoms with E-state index in [1.54, 1.807) is 23.1 Å². The summed E-state index contributed by atoms with van der Waals surface area (Å²) in [5.41, 5.74) is 3.41. The summed E-state index contributed by atoms with van der Waals surface area (Å²) in [5, 5.41) is 15.8. The monoisotopic (exact) mass is 528 g/mol. The molecule has 7 nitrogen and oxygen atoms in total. The van der Waals surface area contributed by atoms with Gasteiger partial charge in [0, 0.05) is 23.4 Å². The number of aliphatic hydroxyl groups is 1. The summed E-state index contributed by atoms with van der Waals surface area (Å²) < 4.78 is 2.56. The van der Waals surface area contributed by atoms with Crippen LogP contribution in [-0.4, -0.2) is 36.5 Å². The van der Waals surface area contributed by atoms with E-state index in [1.165, 1.54) is 11.1 Å². The number of halogens is 1. The lowest BCUT2D eigenvalue weighted by atomic mass is 9.95. The highest BCUT2D eigenvalue weighted by Crippen LogP contribution is 2.41. The Morgan fingerprint density at radius 3 is 2.43 bits per heavy atom. The van der Waals surface area contributed by atoms with Gasteiger partial charge in [0.2, 0.25) is 0 Å². The number of amides is 1. The number of Topliss-reactive ketones (excluding diaryl/α,β-unsaturated/α-hetero) is 1. The van der Waals surface area contributed by atoms with Crippen molar-refractivity contribution in [3.63, 3.8) is 0 Å². The van der Waals surface area contributed by atoms with Crippen LogP contribution in [0, 0.1) is 6.92 Å². The first-order valence-corrected chi connectivity index (χ1v) is 11.8. The van der Waals surface area contributed by atoms with Crippen molar-refractivity contribution in [1.82, 2.24) is 19.7 Å². The third kappa shape index (κ3) is 4.17. The summed E-state index contributed by atoms with van der Waals surface area (Å²) in [7, 11) is 0. The Morgan fingerprint density at radius 1 is 1.00 bits per heavy atom. The van der Waals surface area contributed by atoms with Gasteiger partial charge in [0.15, 0.2) is 0 Å². The van der Waals surface area contributed by atoms with E-state index in [1.807, 2.05) is 67.6 Å². The van der Waals surface area contributed by atoms with E-state index in [4.69, 9.17) is 0 Å². The smallest absolute Gasteiger partial charge is 0.295 e. The van der Waals surface area contributed by atoms with E-state index in [0.717, 1.165) is 15.7 Å². The minimum Gasteiger partial charge on any atom is -0.507 e. The van der Waals surface area contributed by atoms with Crippen LogP contribution in [0.15, 0.2) is 95.4 Å². The number of likely N-dealkylation sites (tertiary alicyclic amines) is 1. The molecule has 2 aromatic carbocycles. The molecule has 0 spiro atoms. The summed E-state index contributed by atoms with van der Waals surface area (Å²) in [4.78, 5) is 32.1. The van der Waals surface area contributed by atoms with Crippen LogP contribution in [-0.2, 0) is 16.1 Å². The van der Waals surface area contributed by atoms with Gasteiger partial charge in [-0.15, -0.1) is 0 Å². The average Bonchev–Trinajstić information content (AvgIpc) is 3.38. The maximum absolute atomic E-state index is 13.3. The minimum atomic E-state index is -0.761. The number of para-hydroxylation sites is 1. The van der Waals surface area contributed by atoms with Crippen molar-refractivity contribution < 1.29 is 14.7 Å². The Morgan fingerprint density at radius 2 is 1.74 bits per heavy atom. The number of benzene rings is 2. The number of aromatic nitrogens is 3. The highest BCUT2D eigenvalue weighted by molar-refractivity contribution is 9.10. The average molecular weight is 529 g/mol. The lowest BCUT2D eigenvalue weighted by Crippen LogP contribution is -2.29. The van der Waals surface area contributed by atoms with E-state index in [0.29, 0.717) is 16.8 Å². The maximum Gasteiger partial charge on any atom is 0.295 e. The zero-order chi connectivity index (χ0) is 24.5. The minimum absolute atomic E-state index is 0.0388. The zero-order valence-corrected chi connectivity index (χ0v) is 20.4. The Kier molecular flexibility index (Phi) is 6.05. The third-order valence-corrected chi connectivity index (χ3v) is 6.60. The molecular weight excluding hydrogens is 508 g/mol. The van der Waals surface area contributed by atoms with Gasteiger partial charge >= 0.3 is 0 Å². The van der Waals surface area contributed by atoms with Crippen molar-refractivity contribution in [2.24, 2.45) is 0 Å². The molecule has 35 heavy (non-hydrogen) atoms. The first-order chi connectivity index (χ1) is 17.0. The molecule has 1 N–H and O–H groups in total. The van der Waals surface area contributed by atoms with Gasteiger partial charge in [0.25, 0.3) is 11.7 Å². The molecule has 8 heteroatoms. The molecule has 1 aliphatic heterocycles. The fraction of sp³-hybridized carbons (Fsp3) is 0.111. The summed E-state index contributed by atoms with van der Waals surface area (Å²) in [6.07, 6.45) is 4.83. The second-order valence-electron chi connectivity index (χ2n) is 8.23. The van der Waals surface area contributed by atoms with Gasteiger partial charge in [0.1, 0.15) is 5.76 Å². The van der Waals surface area contributed by atoms with Crippen LogP contribution in [0.3, 0.4) is 0 Å². The quantitative estimate of drug-likeness (QED) is 0.224. The number of pyridine rings is 1. The van der Waals surface area contributed by atoms with Crippen molar-refractivity contribution in [3.05, 3.63) is 118 Å². The standard InChI is InChI=1S/C27H21BrN4O3/c1-17-22(15-30-32(17)21-7-3-2-4-8-21)25(33)23-24(19-9-11-20(28)12-10-19)31(27(35)26(23)34)16-18-6-5-13-29-14-18/h2-15,24,33H,16H2,1H3. The van der Waals surface area contributed by atoms with Gasteiger partial charge < -0.3 is 10.0 Å². The summed E-state index contributed by atoms with van der Waals surface area (Å²) in [5.74, 6) is -1.65. The highest BCUT2D eigenvalue weighted by Gasteiger charge is 2.46. The molecule has 3 heterocycles. The first-order valence-electron chi connectivity index (χ1n) is 11.0. The molecular formula is C27H21BrN4O3. The molecule has 2 aromatic heterocycles. The largest absolute Gasteiger partial charge is 0.507 e. The summed E-state index contributed by atoms with van der Waals surface area (Å²) in [6.45, 7) is 1.99. The van der Waals surface area contributed by atoms with Crippen LogP contribution in [0.4, 0.5) is 0 Å². The molecule has 1 atom stereocenters. The lowest BCUT2D eigenvalue weighted by Gasteiger charge is -2.25. The first kappa shape index (κ1) is 22.7. The Hall–Kier alpha value is -4.04. The van der Waals surface area contributed by atoms with Crippen LogP contribution in [0.25, 0.3) is 11.4 Å². The van der Waals surface area contributed by atoms with E-state index >= 15 is 0 Å². The molecule has 1 aliphatic rings. The molecule has 0 radical (unpaired) electrons. The predicted molar refractivity (Wildman–Crippen MR) is 135 cm³/mol. The van der Waals surface area contributed by atoms with E-state index in [2.05, 4.69) is 26.0 Å². The van der Waals surface area contributed by atoms with E-state index in [9.17, 15) is 14.7 Å². The van der Waals surface area contributed by atoms with Gasteiger partial charge in [-0.25, -0.2) is 4.68 Å². The molecule has 1 unspecified atom stereocenters. The Labute approximate surface area is 210 Å². The number of hydrogen-bond acceptors (Lipinski definition) is 5. The number of rotatable bonds is 5. The van der Waals surface area contributed by atoms with Crippen LogP contribution in [0.1, 0.15) is 28.4 Å². The summed E-state index contributed by atoms with van der Waals surface area (Å²) in [6, 6.07) is 19.7. The number of hydrogen-bond donors (Lipinski definition) is 1. The van der Waals surface area contributed by atoms with Crippen LogP contribution in [0.5, 0.6) is 0 Å². The van der Waals surface area contributed by atoms with Crippen molar-refractivity contribution in [2.45, 2.75) is 19.5 Å². The zero-order valence-electron chi connectivity index (χ0n) is 18.8. The molecule has 0 bridgehead atoms. The molecule has 4 aromatic rings. The van der Waals surface area contributed by atoms with Crippen molar-refractivity contribution in [3.8, 4) is 5.69 Å². The Balaban J connectivity index is 1.64. The maximum atomic E-state index is 13.3. The fourth-order valence-electron chi connectivity index (χ4n) is 4.34. The number of nitrogens with zero attached hydrogens (tertiary/aromatic N) is 4. The third-order valence-electron chi connectivity index (χ3n) is 6.07. The van der Waals surface area contributed by atoms with E-state index in [-0.39, 0.29) is 17.9 Å².